The van der Waals surface area contributed by atoms with Gasteiger partial charge in [0, 0.05) is 11.9 Å². The maximum absolute atomic E-state index is 10.2. The van der Waals surface area contributed by atoms with Crippen molar-refractivity contribution in [1.29, 1.82) is 0 Å². The van der Waals surface area contributed by atoms with Gasteiger partial charge in [-0.3, -0.25) is 0 Å². The highest BCUT2D eigenvalue weighted by Crippen LogP contribution is 2.12. The summed E-state index contributed by atoms with van der Waals surface area (Å²) >= 11 is 0. The number of nitrogens with one attached hydrogen (secondary N) is 1. The molecule has 1 aliphatic rings. The third kappa shape index (κ3) is 2.72. The van der Waals surface area contributed by atoms with Crippen LogP contribution >= 0.6 is 0 Å². The van der Waals surface area contributed by atoms with E-state index in [1.807, 2.05) is 6.92 Å². The first kappa shape index (κ1) is 8.88. The van der Waals surface area contributed by atoms with E-state index in [2.05, 4.69) is 14.0 Å². The molecule has 0 bridgehead atoms. The van der Waals surface area contributed by atoms with Crippen LogP contribution in [0, 0.1) is 0 Å². The summed E-state index contributed by atoms with van der Waals surface area (Å²) in [7, 11) is -3.70. The smallest absolute Gasteiger partial charge is 0.204 e. The fourth-order valence-corrected chi connectivity index (χ4v) is 1.02. The highest BCUT2D eigenvalue weighted by Gasteiger charge is 2.34. The first-order valence-corrected chi connectivity index (χ1v) is 4.65. The van der Waals surface area contributed by atoms with Crippen LogP contribution in [0.2, 0.25) is 0 Å². The maximum atomic E-state index is 10.2. The minimum absolute atomic E-state index is 0.631. The Hall–Kier alpha value is -0.210. The molecular formula is C4H10N2O4S. The van der Waals surface area contributed by atoms with Gasteiger partial charge >= 0.3 is 10.4 Å². The Morgan fingerprint density at radius 1 is 1.45 bits per heavy atom. The van der Waals surface area contributed by atoms with Gasteiger partial charge in [-0.05, 0) is 6.42 Å². The van der Waals surface area contributed by atoms with Crippen molar-refractivity contribution in [2.24, 2.45) is 0 Å². The van der Waals surface area contributed by atoms with Crippen molar-refractivity contribution in [1.82, 2.24) is 10.8 Å². The normalized spacial score (nSPS) is 23.0. The number of hydrazine groups is 1. The van der Waals surface area contributed by atoms with E-state index in [9.17, 15) is 8.42 Å². The second-order valence-corrected chi connectivity index (χ2v) is 3.19. The molecule has 0 atom stereocenters. The lowest BCUT2D eigenvalue weighted by molar-refractivity contribution is -0.358. The van der Waals surface area contributed by atoms with Gasteiger partial charge in [0.25, 0.3) is 0 Å². The molecule has 0 amide bonds. The quantitative estimate of drug-likeness (QED) is 0.603. The number of nitrogens with zero attached hydrogens (tertiary/aromatic N) is 1. The van der Waals surface area contributed by atoms with Gasteiger partial charge in [0.05, 0.1) is 0 Å². The van der Waals surface area contributed by atoms with Crippen LogP contribution in [-0.4, -0.2) is 20.3 Å². The Balaban J connectivity index is 2.05. The van der Waals surface area contributed by atoms with E-state index < -0.39 is 10.4 Å². The maximum Gasteiger partial charge on any atom is 0.439 e. The van der Waals surface area contributed by atoms with Crippen LogP contribution in [0.5, 0.6) is 0 Å². The second-order valence-electron chi connectivity index (χ2n) is 2.08. The van der Waals surface area contributed by atoms with E-state index in [4.69, 9.17) is 0 Å². The molecule has 0 aromatic rings. The van der Waals surface area contributed by atoms with Crippen LogP contribution < -0.4 is 5.43 Å². The Kier molecular flexibility index (Phi) is 2.79. The molecule has 0 unspecified atom stereocenters. The summed E-state index contributed by atoms with van der Waals surface area (Å²) in [6.07, 6.45) is 1.96. The van der Waals surface area contributed by atoms with E-state index in [0.717, 1.165) is 18.2 Å². The lowest BCUT2D eigenvalue weighted by atomic mass is 10.3. The number of hydrogen-bond donors (Lipinski definition) is 1. The van der Waals surface area contributed by atoms with E-state index in [1.165, 1.54) is 0 Å². The zero-order valence-corrected chi connectivity index (χ0v) is 6.93. The number of hydrogen-bond acceptors (Lipinski definition) is 6. The van der Waals surface area contributed by atoms with Gasteiger partial charge in [-0.15, -0.1) is 8.57 Å². The van der Waals surface area contributed by atoms with Crippen LogP contribution in [0.3, 0.4) is 0 Å². The summed E-state index contributed by atoms with van der Waals surface area (Å²) in [4.78, 5) is 0. The highest BCUT2D eigenvalue weighted by molar-refractivity contribution is 7.82. The zero-order valence-electron chi connectivity index (χ0n) is 6.11. The third-order valence-corrected chi connectivity index (χ3v) is 1.73. The molecule has 0 aromatic carbocycles. The van der Waals surface area contributed by atoms with Gasteiger partial charge < -0.3 is 0 Å². The molecule has 1 fully saturated rings. The molecule has 6 nitrogen and oxygen atoms in total. The van der Waals surface area contributed by atoms with E-state index in [1.54, 1.807) is 0 Å². The predicted octanol–water partition coefficient (Wildman–Crippen LogP) is -0.285. The summed E-state index contributed by atoms with van der Waals surface area (Å²) in [5.41, 5.74) is 2.59. The van der Waals surface area contributed by atoms with Crippen molar-refractivity contribution in [3.8, 4) is 0 Å². The van der Waals surface area contributed by atoms with Crippen molar-refractivity contribution in [3.63, 3.8) is 0 Å². The average Bonchev–Trinajstić information content (AvgIpc) is 1.84. The van der Waals surface area contributed by atoms with Crippen molar-refractivity contribution in [3.05, 3.63) is 0 Å². The van der Waals surface area contributed by atoms with E-state index in [0.29, 0.717) is 6.54 Å². The van der Waals surface area contributed by atoms with Crippen molar-refractivity contribution in [2.45, 2.75) is 19.8 Å². The minimum atomic E-state index is -3.70. The van der Waals surface area contributed by atoms with Crippen molar-refractivity contribution >= 4 is 10.4 Å². The topological polar surface area (TPSA) is 67.9 Å². The molecular weight excluding hydrogens is 172 g/mol. The van der Waals surface area contributed by atoms with Crippen LogP contribution in [-0.2, 0) is 19.0 Å². The SMILES string of the molecule is CCCCNN1OS(=O)(=O)O1. The average molecular weight is 182 g/mol. The van der Waals surface area contributed by atoms with Crippen molar-refractivity contribution in [2.75, 3.05) is 6.54 Å². The van der Waals surface area contributed by atoms with Crippen LogP contribution in [0.1, 0.15) is 19.8 Å². The molecule has 1 aliphatic heterocycles. The molecule has 1 rings (SSSR count). The minimum Gasteiger partial charge on any atom is -0.204 e. The van der Waals surface area contributed by atoms with Crippen LogP contribution in [0.25, 0.3) is 0 Å². The molecule has 0 spiro atoms. The summed E-state index contributed by atoms with van der Waals surface area (Å²) in [6.45, 7) is 2.66. The molecule has 1 N–H and O–H groups in total. The Morgan fingerprint density at radius 2 is 2.09 bits per heavy atom. The molecule has 0 saturated carbocycles. The van der Waals surface area contributed by atoms with E-state index in [-0.39, 0.29) is 0 Å². The number of rotatable bonds is 4. The Bertz CT molecular complexity index is 202. The molecule has 1 saturated heterocycles. The van der Waals surface area contributed by atoms with Gasteiger partial charge in [0.15, 0.2) is 0 Å². The predicted molar refractivity (Wildman–Crippen MR) is 35.8 cm³/mol. The summed E-state index contributed by atoms with van der Waals surface area (Å²) in [5.74, 6) is 0. The molecule has 11 heavy (non-hydrogen) atoms. The molecule has 0 aromatic heterocycles. The lowest BCUT2D eigenvalue weighted by Gasteiger charge is -2.25. The summed E-state index contributed by atoms with van der Waals surface area (Å²) < 4.78 is 28.7. The van der Waals surface area contributed by atoms with Crippen molar-refractivity contribution < 1.29 is 17.0 Å². The fourth-order valence-electron chi connectivity index (χ4n) is 0.571. The summed E-state index contributed by atoms with van der Waals surface area (Å²) in [6, 6.07) is 0. The fraction of sp³-hybridized carbons (Fsp3) is 1.00. The van der Waals surface area contributed by atoms with Gasteiger partial charge in [-0.2, -0.15) is 8.42 Å². The zero-order chi connectivity index (χ0) is 8.32. The first-order chi connectivity index (χ1) is 5.14. The van der Waals surface area contributed by atoms with Crippen LogP contribution in [0.15, 0.2) is 0 Å². The molecule has 66 valence electrons. The summed E-state index contributed by atoms with van der Waals surface area (Å²) in [5, 5.41) is 0.727. The molecule has 0 aliphatic carbocycles. The first-order valence-electron chi connectivity index (χ1n) is 3.32. The van der Waals surface area contributed by atoms with Gasteiger partial charge in [0.1, 0.15) is 0 Å². The van der Waals surface area contributed by atoms with Gasteiger partial charge in [-0.1, -0.05) is 13.3 Å². The third-order valence-electron chi connectivity index (χ3n) is 1.09. The molecule has 7 heteroatoms. The Labute approximate surface area is 65.3 Å². The molecule has 0 radical (unpaired) electrons. The van der Waals surface area contributed by atoms with Crippen LogP contribution in [0.4, 0.5) is 0 Å². The largest absolute Gasteiger partial charge is 0.439 e. The second kappa shape index (κ2) is 3.46. The highest BCUT2D eigenvalue weighted by atomic mass is 32.3. The Morgan fingerprint density at radius 3 is 2.55 bits per heavy atom. The van der Waals surface area contributed by atoms with E-state index >= 15 is 0 Å². The van der Waals surface area contributed by atoms with Gasteiger partial charge in [0.2, 0.25) is 0 Å². The molecule has 1 heterocycles. The number of unbranched alkanes of at least 4 members (excludes halogenated alkanes) is 1. The van der Waals surface area contributed by atoms with Gasteiger partial charge in [-0.25, -0.2) is 5.43 Å². The standard InChI is InChI=1S/C4H10N2O4S/c1-2-3-4-5-6-9-11(7,8)10-6/h5H,2-4H2,1H3. The lowest BCUT2D eigenvalue weighted by Crippen LogP contribution is -2.50. The monoisotopic (exact) mass is 182 g/mol.